The van der Waals surface area contributed by atoms with E-state index in [1.807, 2.05) is 6.07 Å². The summed E-state index contributed by atoms with van der Waals surface area (Å²) >= 11 is 5.85. The van der Waals surface area contributed by atoms with Gasteiger partial charge in [0.05, 0.1) is 0 Å². The smallest absolute Gasteiger partial charge is 0.211 e. The summed E-state index contributed by atoms with van der Waals surface area (Å²) < 4.78 is 0. The van der Waals surface area contributed by atoms with Gasteiger partial charge in [0.15, 0.2) is 0 Å². The lowest BCUT2D eigenvalue weighted by Gasteiger charge is -2.23. The summed E-state index contributed by atoms with van der Waals surface area (Å²) in [5.74, 6) is 0. The van der Waals surface area contributed by atoms with Crippen LogP contribution < -0.4 is 0 Å². The van der Waals surface area contributed by atoms with Crippen molar-refractivity contribution >= 4 is 23.8 Å². The van der Waals surface area contributed by atoms with E-state index in [1.165, 1.54) is 12.2 Å². The van der Waals surface area contributed by atoms with Crippen molar-refractivity contribution in [2.45, 2.75) is 5.66 Å². The molecule has 0 unspecified atom stereocenters. The molecule has 2 aromatic carbocycles. The molecule has 0 N–H and O–H groups in total. The molecule has 0 heterocycles. The molecule has 0 aliphatic carbocycles. The fraction of sp³-hybridized carbons (Fsp3) is 0.0667. The minimum atomic E-state index is -1.48. The number of hydrogen-bond acceptors (Lipinski definition) is 4. The van der Waals surface area contributed by atoms with Crippen molar-refractivity contribution in [1.82, 2.24) is 0 Å². The van der Waals surface area contributed by atoms with E-state index in [1.54, 1.807) is 48.5 Å². The van der Waals surface area contributed by atoms with Crippen molar-refractivity contribution in [2.24, 2.45) is 9.98 Å². The van der Waals surface area contributed by atoms with Crippen molar-refractivity contribution in [3.8, 4) is 0 Å². The molecular weight excluding hydrogens is 276 g/mol. The monoisotopic (exact) mass is 284 g/mol. The SMILES string of the molecule is O=C=NC(N=C=O)(c1ccccc1)c1ccc(Cl)cc1. The Morgan fingerprint density at radius 1 is 0.800 bits per heavy atom. The molecular formula is C15H9ClN2O2. The van der Waals surface area contributed by atoms with E-state index in [2.05, 4.69) is 9.98 Å². The maximum Gasteiger partial charge on any atom is 0.238 e. The lowest BCUT2D eigenvalue weighted by atomic mass is 9.92. The van der Waals surface area contributed by atoms with E-state index < -0.39 is 5.66 Å². The average molecular weight is 285 g/mol. The third kappa shape index (κ3) is 2.58. The molecule has 0 saturated heterocycles. The summed E-state index contributed by atoms with van der Waals surface area (Å²) in [5, 5.41) is 0.529. The zero-order chi connectivity index (χ0) is 14.4. The van der Waals surface area contributed by atoms with Crippen molar-refractivity contribution in [3.63, 3.8) is 0 Å². The van der Waals surface area contributed by atoms with Gasteiger partial charge in [-0.05, 0) is 12.1 Å². The molecule has 0 fully saturated rings. The van der Waals surface area contributed by atoms with Gasteiger partial charge in [0.25, 0.3) is 0 Å². The minimum absolute atomic E-state index is 0.528. The first kappa shape index (κ1) is 13.9. The highest BCUT2D eigenvalue weighted by Gasteiger charge is 2.34. The topological polar surface area (TPSA) is 58.9 Å². The average Bonchev–Trinajstić information content (AvgIpc) is 2.48. The van der Waals surface area contributed by atoms with Crippen LogP contribution in [0.4, 0.5) is 0 Å². The van der Waals surface area contributed by atoms with Crippen LogP contribution in [-0.4, -0.2) is 12.2 Å². The van der Waals surface area contributed by atoms with Gasteiger partial charge in [-0.2, -0.15) is 9.98 Å². The number of hydrogen-bond donors (Lipinski definition) is 0. The van der Waals surface area contributed by atoms with Crippen molar-refractivity contribution < 1.29 is 9.59 Å². The van der Waals surface area contributed by atoms with Crippen LogP contribution >= 0.6 is 11.6 Å². The first-order chi connectivity index (χ1) is 9.73. The molecule has 4 nitrogen and oxygen atoms in total. The van der Waals surface area contributed by atoms with Gasteiger partial charge in [0, 0.05) is 16.1 Å². The first-order valence-electron chi connectivity index (χ1n) is 5.72. The Labute approximate surface area is 120 Å². The predicted octanol–water partition coefficient (Wildman–Crippen LogP) is 3.21. The molecule has 0 bridgehead atoms. The van der Waals surface area contributed by atoms with Crippen LogP contribution in [0.3, 0.4) is 0 Å². The predicted molar refractivity (Wildman–Crippen MR) is 74.9 cm³/mol. The van der Waals surface area contributed by atoms with Crippen molar-refractivity contribution in [2.75, 3.05) is 0 Å². The highest BCUT2D eigenvalue weighted by molar-refractivity contribution is 6.30. The van der Waals surface area contributed by atoms with Crippen molar-refractivity contribution in [1.29, 1.82) is 0 Å². The highest BCUT2D eigenvalue weighted by atomic mass is 35.5. The standard InChI is InChI=1S/C15H9ClN2O2/c16-14-8-6-13(7-9-14)15(17-10-19,18-11-20)12-4-2-1-3-5-12/h1-9H. The Kier molecular flexibility index (Phi) is 4.24. The quantitative estimate of drug-likeness (QED) is 0.639. The van der Waals surface area contributed by atoms with E-state index >= 15 is 0 Å². The third-order valence-corrected chi connectivity index (χ3v) is 3.09. The molecule has 2 aromatic rings. The molecule has 0 amide bonds. The van der Waals surface area contributed by atoms with Gasteiger partial charge in [0.1, 0.15) is 0 Å². The van der Waals surface area contributed by atoms with Gasteiger partial charge >= 0.3 is 0 Å². The maximum absolute atomic E-state index is 10.8. The van der Waals surface area contributed by atoms with Crippen molar-refractivity contribution in [3.05, 3.63) is 70.7 Å². The minimum Gasteiger partial charge on any atom is -0.211 e. The fourth-order valence-corrected chi connectivity index (χ4v) is 2.06. The third-order valence-electron chi connectivity index (χ3n) is 2.84. The Hall–Kier alpha value is -2.51. The summed E-state index contributed by atoms with van der Waals surface area (Å²) in [6.07, 6.45) is 2.95. The first-order valence-corrected chi connectivity index (χ1v) is 6.10. The van der Waals surface area contributed by atoms with E-state index in [0.29, 0.717) is 16.1 Å². The molecule has 0 spiro atoms. The number of aliphatic imine (C=N–C) groups is 2. The van der Waals surface area contributed by atoms with Gasteiger partial charge in [-0.25, -0.2) is 9.59 Å². The molecule has 98 valence electrons. The van der Waals surface area contributed by atoms with Crippen LogP contribution in [-0.2, 0) is 15.3 Å². The zero-order valence-corrected chi connectivity index (χ0v) is 11.0. The summed E-state index contributed by atoms with van der Waals surface area (Å²) in [6.45, 7) is 0. The molecule has 5 heteroatoms. The van der Waals surface area contributed by atoms with Gasteiger partial charge in [-0.3, -0.25) is 0 Å². The molecule has 0 saturated carbocycles. The van der Waals surface area contributed by atoms with Gasteiger partial charge in [-0.1, -0.05) is 54.1 Å². The Morgan fingerprint density at radius 2 is 1.30 bits per heavy atom. The number of carbonyl (C=O) groups excluding carboxylic acids is 2. The van der Waals surface area contributed by atoms with Gasteiger partial charge < -0.3 is 0 Å². The largest absolute Gasteiger partial charge is 0.238 e. The molecule has 0 aliphatic rings. The van der Waals surface area contributed by atoms with Crippen LogP contribution in [0.1, 0.15) is 11.1 Å². The zero-order valence-electron chi connectivity index (χ0n) is 10.3. The summed E-state index contributed by atoms with van der Waals surface area (Å²) in [7, 11) is 0. The lowest BCUT2D eigenvalue weighted by molar-refractivity contribution is 0.516. The van der Waals surface area contributed by atoms with Crippen LogP contribution in [0.2, 0.25) is 5.02 Å². The summed E-state index contributed by atoms with van der Waals surface area (Å²) in [6, 6.07) is 15.3. The maximum atomic E-state index is 10.8. The van der Waals surface area contributed by atoms with Gasteiger partial charge in [-0.15, -0.1) is 0 Å². The number of nitrogens with zero attached hydrogens (tertiary/aromatic N) is 2. The second kappa shape index (κ2) is 6.09. The number of benzene rings is 2. The van der Waals surface area contributed by atoms with Crippen LogP contribution in [0.25, 0.3) is 0 Å². The van der Waals surface area contributed by atoms with E-state index in [-0.39, 0.29) is 0 Å². The van der Waals surface area contributed by atoms with E-state index in [9.17, 15) is 9.59 Å². The van der Waals surface area contributed by atoms with Crippen LogP contribution in [0, 0.1) is 0 Å². The number of isocyanates is 2. The molecule has 2 rings (SSSR count). The van der Waals surface area contributed by atoms with Gasteiger partial charge in [0.2, 0.25) is 17.8 Å². The molecule has 20 heavy (non-hydrogen) atoms. The molecule has 0 radical (unpaired) electrons. The Balaban J connectivity index is 2.74. The van der Waals surface area contributed by atoms with E-state index in [0.717, 1.165) is 0 Å². The molecule has 0 aliphatic heterocycles. The summed E-state index contributed by atoms with van der Waals surface area (Å²) in [5.41, 5.74) is -0.385. The highest BCUT2D eigenvalue weighted by Crippen LogP contribution is 2.35. The number of rotatable bonds is 4. The Bertz CT molecular complexity index is 668. The van der Waals surface area contributed by atoms with Crippen LogP contribution in [0.5, 0.6) is 0 Å². The molecule has 0 aromatic heterocycles. The second-order valence-electron chi connectivity index (χ2n) is 3.95. The van der Waals surface area contributed by atoms with Crippen LogP contribution in [0.15, 0.2) is 64.6 Å². The molecule has 0 atom stereocenters. The summed E-state index contributed by atoms with van der Waals surface area (Å²) in [4.78, 5) is 29.1. The normalized spacial score (nSPS) is 12.7. The number of halogens is 1. The second-order valence-corrected chi connectivity index (χ2v) is 4.39. The Morgan fingerprint density at radius 3 is 1.80 bits per heavy atom. The van der Waals surface area contributed by atoms with E-state index in [4.69, 9.17) is 11.6 Å². The fourth-order valence-electron chi connectivity index (χ4n) is 1.93. The lowest BCUT2D eigenvalue weighted by Crippen LogP contribution is -2.22.